The lowest BCUT2D eigenvalue weighted by molar-refractivity contribution is 0.602. The molecule has 0 spiro atoms. The number of hydrogen-bond donors (Lipinski definition) is 1. The first kappa shape index (κ1) is 19.5. The third-order valence-electron chi connectivity index (χ3n) is 4.34. The Hall–Kier alpha value is -3.24. The lowest BCUT2D eigenvalue weighted by atomic mass is 10.0. The van der Waals surface area contributed by atoms with E-state index >= 15 is 0 Å². The fraction of sp³-hybridized carbons (Fsp3) is 0.190. The van der Waals surface area contributed by atoms with Gasteiger partial charge in [0, 0.05) is 18.0 Å². The van der Waals surface area contributed by atoms with Gasteiger partial charge in [0.1, 0.15) is 11.9 Å². The van der Waals surface area contributed by atoms with Crippen molar-refractivity contribution in [3.8, 4) is 17.3 Å². The van der Waals surface area contributed by atoms with Crippen LogP contribution in [0.2, 0.25) is 0 Å². The molecular weight excluding hydrogens is 372 g/mol. The topological polar surface area (TPSA) is 95.7 Å². The molecule has 3 aromatic rings. The van der Waals surface area contributed by atoms with Crippen molar-refractivity contribution in [1.29, 1.82) is 5.26 Å². The van der Waals surface area contributed by atoms with E-state index in [-0.39, 0.29) is 4.90 Å². The van der Waals surface area contributed by atoms with Crippen LogP contribution in [0.25, 0.3) is 11.3 Å². The minimum Gasteiger partial charge on any atom is -0.363 e. The third-order valence-corrected chi connectivity index (χ3v) is 5.46. The van der Waals surface area contributed by atoms with E-state index in [4.69, 9.17) is 0 Å². The van der Waals surface area contributed by atoms with Crippen LogP contribution in [0.5, 0.6) is 0 Å². The second-order valence-corrected chi connectivity index (χ2v) is 8.34. The summed E-state index contributed by atoms with van der Waals surface area (Å²) in [5, 5.41) is 12.8. The molecule has 0 fully saturated rings. The number of nitriles is 1. The predicted octanol–water partition coefficient (Wildman–Crippen LogP) is 3.59. The van der Waals surface area contributed by atoms with Crippen LogP contribution in [-0.4, -0.2) is 24.6 Å². The van der Waals surface area contributed by atoms with Crippen molar-refractivity contribution in [2.24, 2.45) is 0 Å². The number of aryl methyl sites for hydroxylation is 1. The minimum absolute atomic E-state index is 0.258. The highest BCUT2D eigenvalue weighted by Gasteiger charge is 2.14. The molecule has 3 rings (SSSR count). The molecule has 0 saturated carbocycles. The number of nitrogens with zero attached hydrogens (tertiary/aromatic N) is 3. The monoisotopic (exact) mass is 392 g/mol. The second-order valence-electron chi connectivity index (χ2n) is 6.33. The number of sulfone groups is 1. The standard InChI is InChI=1S/C21H20N4O2S/c1-3-15-12-20(16-7-9-18(10-8-16)28(2,26)27)25-21(19(15)13-22)24-14-17-6-4-5-11-23-17/h4-12H,3,14H2,1-2H3,(H,24,25). The van der Waals surface area contributed by atoms with Crippen LogP contribution in [0.3, 0.4) is 0 Å². The van der Waals surface area contributed by atoms with Crippen molar-refractivity contribution in [1.82, 2.24) is 9.97 Å². The van der Waals surface area contributed by atoms with Crippen molar-refractivity contribution in [2.45, 2.75) is 24.8 Å². The molecule has 0 unspecified atom stereocenters. The van der Waals surface area contributed by atoms with E-state index in [2.05, 4.69) is 21.4 Å². The van der Waals surface area contributed by atoms with Gasteiger partial charge in [0.15, 0.2) is 9.84 Å². The minimum atomic E-state index is -3.26. The fourth-order valence-electron chi connectivity index (χ4n) is 2.83. The van der Waals surface area contributed by atoms with E-state index in [1.165, 1.54) is 6.26 Å². The maximum absolute atomic E-state index is 11.7. The highest BCUT2D eigenvalue weighted by Crippen LogP contribution is 2.27. The molecule has 0 bridgehead atoms. The van der Waals surface area contributed by atoms with E-state index in [0.717, 1.165) is 16.8 Å². The average Bonchev–Trinajstić information content (AvgIpc) is 2.71. The summed E-state index contributed by atoms with van der Waals surface area (Å²) >= 11 is 0. The van der Waals surface area contributed by atoms with E-state index in [0.29, 0.717) is 30.0 Å². The number of benzene rings is 1. The van der Waals surface area contributed by atoms with E-state index in [1.807, 2.05) is 31.2 Å². The quantitative estimate of drug-likeness (QED) is 0.689. The Kier molecular flexibility index (Phi) is 5.71. The lowest BCUT2D eigenvalue weighted by Gasteiger charge is -2.13. The predicted molar refractivity (Wildman–Crippen MR) is 108 cm³/mol. The van der Waals surface area contributed by atoms with Crippen LogP contribution in [0.4, 0.5) is 5.82 Å². The van der Waals surface area contributed by atoms with Gasteiger partial charge in [0.25, 0.3) is 0 Å². The Morgan fingerprint density at radius 3 is 2.46 bits per heavy atom. The Balaban J connectivity index is 1.99. The Morgan fingerprint density at radius 1 is 1.14 bits per heavy atom. The normalized spacial score (nSPS) is 11.0. The van der Waals surface area contributed by atoms with Gasteiger partial charge in [-0.3, -0.25) is 4.98 Å². The molecule has 1 N–H and O–H groups in total. The van der Waals surface area contributed by atoms with Gasteiger partial charge >= 0.3 is 0 Å². The summed E-state index contributed by atoms with van der Waals surface area (Å²) in [6, 6.07) is 16.3. The molecule has 2 heterocycles. The Bertz CT molecular complexity index is 1120. The molecule has 7 heteroatoms. The maximum Gasteiger partial charge on any atom is 0.175 e. The zero-order valence-electron chi connectivity index (χ0n) is 15.7. The van der Waals surface area contributed by atoms with Crippen molar-refractivity contribution >= 4 is 15.7 Å². The van der Waals surface area contributed by atoms with Crippen LogP contribution < -0.4 is 5.32 Å². The summed E-state index contributed by atoms with van der Waals surface area (Å²) in [7, 11) is -3.26. The summed E-state index contributed by atoms with van der Waals surface area (Å²) < 4.78 is 23.3. The molecule has 6 nitrogen and oxygen atoms in total. The molecule has 2 aromatic heterocycles. The van der Waals surface area contributed by atoms with Crippen molar-refractivity contribution in [2.75, 3.05) is 11.6 Å². The van der Waals surface area contributed by atoms with E-state index in [1.54, 1.807) is 30.5 Å². The smallest absolute Gasteiger partial charge is 0.175 e. The summed E-state index contributed by atoms with van der Waals surface area (Å²) in [4.78, 5) is 9.15. The van der Waals surface area contributed by atoms with Crippen LogP contribution in [0.15, 0.2) is 59.6 Å². The number of hydrogen-bond acceptors (Lipinski definition) is 6. The summed E-state index contributed by atoms with van der Waals surface area (Å²) in [5.74, 6) is 0.495. The molecule has 0 aliphatic carbocycles. The molecular formula is C21H20N4O2S. The molecule has 0 atom stereocenters. The van der Waals surface area contributed by atoms with Gasteiger partial charge in [-0.15, -0.1) is 0 Å². The Labute approximate surface area is 164 Å². The summed E-state index contributed by atoms with van der Waals surface area (Å²) in [5.41, 5.74) is 3.69. The van der Waals surface area contributed by atoms with Crippen LogP contribution in [0.1, 0.15) is 23.7 Å². The highest BCUT2D eigenvalue weighted by atomic mass is 32.2. The first-order valence-electron chi connectivity index (χ1n) is 8.80. The molecule has 142 valence electrons. The zero-order valence-corrected chi connectivity index (χ0v) is 16.5. The molecule has 0 aliphatic rings. The van der Waals surface area contributed by atoms with Gasteiger partial charge in [-0.25, -0.2) is 13.4 Å². The van der Waals surface area contributed by atoms with Gasteiger partial charge in [0.2, 0.25) is 0 Å². The lowest BCUT2D eigenvalue weighted by Crippen LogP contribution is -2.07. The van der Waals surface area contributed by atoms with Gasteiger partial charge in [-0.1, -0.05) is 25.1 Å². The number of nitrogens with one attached hydrogen (secondary N) is 1. The van der Waals surface area contributed by atoms with Crippen LogP contribution >= 0.6 is 0 Å². The molecule has 0 radical (unpaired) electrons. The number of anilines is 1. The average molecular weight is 392 g/mol. The van der Waals surface area contributed by atoms with Gasteiger partial charge in [0.05, 0.1) is 28.4 Å². The molecule has 0 aliphatic heterocycles. The van der Waals surface area contributed by atoms with Gasteiger partial charge in [-0.2, -0.15) is 5.26 Å². The van der Waals surface area contributed by atoms with Crippen LogP contribution in [-0.2, 0) is 22.8 Å². The third kappa shape index (κ3) is 4.35. The van der Waals surface area contributed by atoms with Gasteiger partial charge in [-0.05, 0) is 42.3 Å². The number of aromatic nitrogens is 2. The first-order chi connectivity index (χ1) is 13.4. The summed E-state index contributed by atoms with van der Waals surface area (Å²) in [6.07, 6.45) is 3.57. The SMILES string of the molecule is CCc1cc(-c2ccc(S(C)(=O)=O)cc2)nc(NCc2ccccn2)c1C#N. The maximum atomic E-state index is 11.7. The molecule has 0 amide bonds. The fourth-order valence-corrected chi connectivity index (χ4v) is 3.46. The van der Waals surface area contributed by atoms with E-state index < -0.39 is 9.84 Å². The molecule has 28 heavy (non-hydrogen) atoms. The van der Waals surface area contributed by atoms with Crippen molar-refractivity contribution in [3.63, 3.8) is 0 Å². The summed E-state index contributed by atoms with van der Waals surface area (Å²) in [6.45, 7) is 2.43. The largest absolute Gasteiger partial charge is 0.363 e. The zero-order chi connectivity index (χ0) is 20.1. The molecule has 1 aromatic carbocycles. The van der Waals surface area contributed by atoms with Crippen molar-refractivity contribution in [3.05, 3.63) is 71.5 Å². The molecule has 0 saturated heterocycles. The van der Waals surface area contributed by atoms with Crippen molar-refractivity contribution < 1.29 is 8.42 Å². The highest BCUT2D eigenvalue weighted by molar-refractivity contribution is 7.90. The van der Waals surface area contributed by atoms with E-state index in [9.17, 15) is 13.7 Å². The number of pyridine rings is 2. The van der Waals surface area contributed by atoms with Crippen LogP contribution in [0, 0.1) is 11.3 Å². The second kappa shape index (κ2) is 8.19. The Morgan fingerprint density at radius 2 is 1.89 bits per heavy atom. The van der Waals surface area contributed by atoms with Gasteiger partial charge < -0.3 is 5.32 Å². The number of rotatable bonds is 6. The first-order valence-corrected chi connectivity index (χ1v) is 10.7.